The zero-order chi connectivity index (χ0) is 12.0. The highest BCUT2D eigenvalue weighted by atomic mass is 16.5. The molecule has 1 fully saturated rings. The van der Waals surface area contributed by atoms with Crippen molar-refractivity contribution in [2.45, 2.75) is 24.9 Å². The van der Waals surface area contributed by atoms with Crippen molar-refractivity contribution in [3.8, 4) is 0 Å². The molecule has 0 radical (unpaired) electrons. The monoisotopic (exact) mass is 231 g/mol. The topological polar surface area (TPSA) is 21.3 Å². The molecule has 0 bridgehead atoms. The van der Waals surface area contributed by atoms with E-state index in [1.54, 1.807) is 0 Å². The van der Waals surface area contributed by atoms with Crippen LogP contribution in [-0.4, -0.2) is 25.8 Å². The molecular formula is C15H21NO. The van der Waals surface area contributed by atoms with Crippen LogP contribution in [0.25, 0.3) is 6.08 Å². The highest BCUT2D eigenvalue weighted by Crippen LogP contribution is 2.34. The molecule has 0 unspecified atom stereocenters. The van der Waals surface area contributed by atoms with E-state index in [0.29, 0.717) is 0 Å². The number of nitrogens with one attached hydrogen (secondary N) is 1. The van der Waals surface area contributed by atoms with Crippen LogP contribution in [0.3, 0.4) is 0 Å². The van der Waals surface area contributed by atoms with Gasteiger partial charge in [-0.15, -0.1) is 0 Å². The fourth-order valence-corrected chi connectivity index (χ4v) is 2.17. The molecule has 0 saturated heterocycles. The highest BCUT2D eigenvalue weighted by Gasteiger charge is 2.36. The Morgan fingerprint density at radius 3 is 2.65 bits per heavy atom. The van der Waals surface area contributed by atoms with Crippen LogP contribution in [0.15, 0.2) is 36.4 Å². The lowest BCUT2D eigenvalue weighted by molar-refractivity contribution is -0.0687. The van der Waals surface area contributed by atoms with Crippen LogP contribution >= 0.6 is 0 Å². The number of hydrogen-bond acceptors (Lipinski definition) is 2. The summed E-state index contributed by atoms with van der Waals surface area (Å²) < 4.78 is 5.55. The maximum atomic E-state index is 5.55. The molecule has 92 valence electrons. The van der Waals surface area contributed by atoms with Crippen molar-refractivity contribution in [3.05, 3.63) is 42.0 Å². The van der Waals surface area contributed by atoms with Gasteiger partial charge in [0.15, 0.2) is 0 Å². The lowest BCUT2D eigenvalue weighted by atomic mass is 9.80. The first-order chi connectivity index (χ1) is 8.35. The second-order valence-electron chi connectivity index (χ2n) is 4.68. The summed E-state index contributed by atoms with van der Waals surface area (Å²) >= 11 is 0. The lowest BCUT2D eigenvalue weighted by Gasteiger charge is -2.40. The molecule has 1 aromatic rings. The van der Waals surface area contributed by atoms with Gasteiger partial charge in [-0.05, 0) is 24.8 Å². The van der Waals surface area contributed by atoms with E-state index in [4.69, 9.17) is 4.74 Å². The minimum atomic E-state index is 0.126. The van der Waals surface area contributed by atoms with E-state index >= 15 is 0 Å². The molecule has 1 saturated carbocycles. The predicted molar refractivity (Wildman–Crippen MR) is 71.9 cm³/mol. The van der Waals surface area contributed by atoms with Crippen LogP contribution in [0.2, 0.25) is 0 Å². The Morgan fingerprint density at radius 1 is 1.29 bits per heavy atom. The molecular weight excluding hydrogens is 210 g/mol. The minimum Gasteiger partial charge on any atom is -0.377 e. The SMILES string of the molecule is COC1(CNC/C=C/c2ccccc2)CCC1. The zero-order valence-electron chi connectivity index (χ0n) is 10.5. The fourth-order valence-electron chi connectivity index (χ4n) is 2.17. The Labute approximate surface area is 104 Å². The van der Waals surface area contributed by atoms with E-state index in [2.05, 4.69) is 41.7 Å². The molecule has 0 amide bonds. The van der Waals surface area contributed by atoms with Crippen molar-refractivity contribution >= 4 is 6.08 Å². The third-order valence-electron chi connectivity index (χ3n) is 3.52. The third kappa shape index (κ3) is 3.42. The van der Waals surface area contributed by atoms with Gasteiger partial charge in [-0.1, -0.05) is 42.5 Å². The summed E-state index contributed by atoms with van der Waals surface area (Å²) in [5.41, 5.74) is 1.38. The Balaban J connectivity index is 1.68. The molecule has 0 spiro atoms. The van der Waals surface area contributed by atoms with Gasteiger partial charge < -0.3 is 10.1 Å². The van der Waals surface area contributed by atoms with Crippen LogP contribution in [0.1, 0.15) is 24.8 Å². The van der Waals surface area contributed by atoms with Crippen molar-refractivity contribution < 1.29 is 4.74 Å². The third-order valence-corrected chi connectivity index (χ3v) is 3.52. The van der Waals surface area contributed by atoms with Crippen LogP contribution in [0, 0.1) is 0 Å². The first-order valence-corrected chi connectivity index (χ1v) is 6.32. The van der Waals surface area contributed by atoms with E-state index in [1.807, 2.05) is 13.2 Å². The quantitative estimate of drug-likeness (QED) is 0.760. The van der Waals surface area contributed by atoms with Crippen molar-refractivity contribution in [2.24, 2.45) is 0 Å². The molecule has 17 heavy (non-hydrogen) atoms. The molecule has 0 heterocycles. The Bertz CT molecular complexity index is 349. The number of benzene rings is 1. The molecule has 0 atom stereocenters. The maximum Gasteiger partial charge on any atom is 0.0802 e. The molecule has 1 aromatic carbocycles. The number of hydrogen-bond donors (Lipinski definition) is 1. The van der Waals surface area contributed by atoms with E-state index in [1.165, 1.54) is 24.8 Å². The van der Waals surface area contributed by atoms with Gasteiger partial charge in [-0.25, -0.2) is 0 Å². The predicted octanol–water partition coefficient (Wildman–Crippen LogP) is 2.86. The molecule has 0 aliphatic heterocycles. The Hall–Kier alpha value is -1.12. The van der Waals surface area contributed by atoms with Crippen molar-refractivity contribution in [1.29, 1.82) is 0 Å². The Kier molecular flexibility index (Phi) is 4.35. The van der Waals surface area contributed by atoms with Gasteiger partial charge in [0.25, 0.3) is 0 Å². The molecule has 1 aliphatic rings. The van der Waals surface area contributed by atoms with Crippen LogP contribution < -0.4 is 5.32 Å². The van der Waals surface area contributed by atoms with Crippen molar-refractivity contribution in [2.75, 3.05) is 20.2 Å². The Morgan fingerprint density at radius 2 is 2.06 bits per heavy atom. The molecule has 2 nitrogen and oxygen atoms in total. The highest BCUT2D eigenvalue weighted by molar-refractivity contribution is 5.48. The molecule has 1 aliphatic carbocycles. The summed E-state index contributed by atoms with van der Waals surface area (Å²) in [7, 11) is 1.82. The summed E-state index contributed by atoms with van der Waals surface area (Å²) in [4.78, 5) is 0. The maximum absolute atomic E-state index is 5.55. The van der Waals surface area contributed by atoms with Gasteiger partial charge in [0, 0.05) is 20.2 Å². The summed E-state index contributed by atoms with van der Waals surface area (Å²) in [6, 6.07) is 10.4. The summed E-state index contributed by atoms with van der Waals surface area (Å²) in [5, 5.41) is 3.44. The minimum absolute atomic E-state index is 0.126. The van der Waals surface area contributed by atoms with Gasteiger partial charge in [0.1, 0.15) is 0 Å². The molecule has 2 heteroatoms. The van der Waals surface area contributed by atoms with E-state index in [9.17, 15) is 0 Å². The molecule has 0 aromatic heterocycles. The van der Waals surface area contributed by atoms with E-state index in [-0.39, 0.29) is 5.60 Å². The second kappa shape index (κ2) is 5.99. The van der Waals surface area contributed by atoms with Crippen LogP contribution in [0.4, 0.5) is 0 Å². The van der Waals surface area contributed by atoms with E-state index in [0.717, 1.165) is 13.1 Å². The number of rotatable bonds is 6. The molecule has 1 N–H and O–H groups in total. The fraction of sp³-hybridized carbons (Fsp3) is 0.467. The van der Waals surface area contributed by atoms with Gasteiger partial charge in [0.2, 0.25) is 0 Å². The van der Waals surface area contributed by atoms with E-state index < -0.39 is 0 Å². The summed E-state index contributed by atoms with van der Waals surface area (Å²) in [6.07, 6.45) is 8.00. The van der Waals surface area contributed by atoms with Crippen molar-refractivity contribution in [1.82, 2.24) is 5.32 Å². The zero-order valence-corrected chi connectivity index (χ0v) is 10.5. The van der Waals surface area contributed by atoms with Gasteiger partial charge in [-0.2, -0.15) is 0 Å². The average molecular weight is 231 g/mol. The summed E-state index contributed by atoms with van der Waals surface area (Å²) in [6.45, 7) is 1.86. The van der Waals surface area contributed by atoms with Crippen LogP contribution in [0.5, 0.6) is 0 Å². The smallest absolute Gasteiger partial charge is 0.0802 e. The molecule has 2 rings (SSSR count). The first-order valence-electron chi connectivity index (χ1n) is 6.32. The summed E-state index contributed by atoms with van der Waals surface area (Å²) in [5.74, 6) is 0. The van der Waals surface area contributed by atoms with Gasteiger partial charge in [-0.3, -0.25) is 0 Å². The second-order valence-corrected chi connectivity index (χ2v) is 4.68. The van der Waals surface area contributed by atoms with Gasteiger partial charge in [0.05, 0.1) is 5.60 Å². The number of methoxy groups -OCH3 is 1. The first kappa shape index (κ1) is 12.3. The standard InChI is InChI=1S/C15H21NO/c1-17-15(10-6-11-15)13-16-12-5-9-14-7-3-2-4-8-14/h2-5,7-9,16H,6,10-13H2,1H3/b9-5+. The largest absolute Gasteiger partial charge is 0.377 e. The number of ether oxygens (including phenoxy) is 1. The van der Waals surface area contributed by atoms with Crippen molar-refractivity contribution in [3.63, 3.8) is 0 Å². The van der Waals surface area contributed by atoms with Gasteiger partial charge >= 0.3 is 0 Å². The lowest BCUT2D eigenvalue weighted by Crippen LogP contribution is -2.47. The normalized spacial score (nSPS) is 18.2. The van der Waals surface area contributed by atoms with Crippen LogP contribution in [-0.2, 0) is 4.74 Å². The average Bonchev–Trinajstić information content (AvgIpc) is 2.33.